The van der Waals surface area contributed by atoms with Gasteiger partial charge in [-0.05, 0) is 28.8 Å². The number of methoxy groups -OCH3 is 1. The van der Waals surface area contributed by atoms with Crippen LogP contribution in [0, 0.1) is 0 Å². The predicted octanol–water partition coefficient (Wildman–Crippen LogP) is 4.02. The van der Waals surface area contributed by atoms with E-state index < -0.39 is 0 Å². The Labute approximate surface area is 158 Å². The summed E-state index contributed by atoms with van der Waals surface area (Å²) in [6, 6.07) is 11.5. The van der Waals surface area contributed by atoms with Crippen LogP contribution in [0.1, 0.15) is 47.2 Å². The Hall–Kier alpha value is -3.15. The average molecular weight is 365 g/mol. The second-order valence-corrected chi connectivity index (χ2v) is 6.34. The third-order valence-electron chi connectivity index (χ3n) is 4.66. The number of imidazole rings is 1. The number of hydrogen-bond acceptors (Lipinski definition) is 5. The van der Waals surface area contributed by atoms with E-state index in [0.29, 0.717) is 12.1 Å². The standard InChI is InChI=1S/C21H23N3O3/c1-3-4-9-20-22-12-16(13-23-26)24(20)14-15-10-11-19(21(25)27-2)18-8-6-5-7-17(15)18/h5-8,10-13,26H,3-4,9,14H2,1-2H3/b23-13-. The number of unbranched alkanes of at least 4 members (excludes halogenated alkanes) is 1. The van der Waals surface area contributed by atoms with Crippen LogP contribution in [0.15, 0.2) is 47.8 Å². The third-order valence-corrected chi connectivity index (χ3v) is 4.66. The highest BCUT2D eigenvalue weighted by molar-refractivity contribution is 6.05. The van der Waals surface area contributed by atoms with Crippen molar-refractivity contribution in [3.05, 3.63) is 65.2 Å². The Balaban J connectivity index is 2.07. The Morgan fingerprint density at radius 2 is 2.04 bits per heavy atom. The lowest BCUT2D eigenvalue weighted by Crippen LogP contribution is -2.10. The maximum atomic E-state index is 12.1. The molecule has 3 rings (SSSR count). The van der Waals surface area contributed by atoms with Crippen LogP contribution in [0.3, 0.4) is 0 Å². The summed E-state index contributed by atoms with van der Waals surface area (Å²) in [5.74, 6) is 0.602. The topological polar surface area (TPSA) is 76.7 Å². The lowest BCUT2D eigenvalue weighted by atomic mass is 9.99. The fraction of sp³-hybridized carbons (Fsp3) is 0.286. The second kappa shape index (κ2) is 8.49. The first-order chi connectivity index (χ1) is 13.2. The normalized spacial score (nSPS) is 11.3. The van der Waals surface area contributed by atoms with Gasteiger partial charge >= 0.3 is 5.97 Å². The van der Waals surface area contributed by atoms with E-state index in [1.54, 1.807) is 12.3 Å². The first kappa shape index (κ1) is 18.6. The van der Waals surface area contributed by atoms with E-state index in [0.717, 1.165) is 47.1 Å². The Bertz CT molecular complexity index is 976. The molecular formula is C21H23N3O3. The fourth-order valence-electron chi connectivity index (χ4n) is 3.27. The number of esters is 1. The van der Waals surface area contributed by atoms with Crippen LogP contribution in [0.2, 0.25) is 0 Å². The van der Waals surface area contributed by atoms with Gasteiger partial charge in [0.25, 0.3) is 0 Å². The minimum absolute atomic E-state index is 0.350. The third kappa shape index (κ3) is 3.84. The molecule has 0 unspecified atom stereocenters. The molecule has 0 atom stereocenters. The molecule has 0 saturated carbocycles. The number of oxime groups is 1. The van der Waals surface area contributed by atoms with Gasteiger partial charge in [0.1, 0.15) is 5.82 Å². The van der Waals surface area contributed by atoms with Crippen molar-refractivity contribution in [1.82, 2.24) is 9.55 Å². The van der Waals surface area contributed by atoms with Crippen LogP contribution in [-0.4, -0.2) is 34.1 Å². The summed E-state index contributed by atoms with van der Waals surface area (Å²) in [7, 11) is 1.39. The molecule has 0 spiro atoms. The van der Waals surface area contributed by atoms with Gasteiger partial charge in [-0.2, -0.15) is 0 Å². The molecule has 27 heavy (non-hydrogen) atoms. The lowest BCUT2D eigenvalue weighted by molar-refractivity contribution is 0.0603. The molecule has 1 N–H and O–H groups in total. The summed E-state index contributed by atoms with van der Waals surface area (Å²) in [5.41, 5.74) is 2.34. The molecule has 3 aromatic rings. The van der Waals surface area contributed by atoms with Crippen LogP contribution >= 0.6 is 0 Å². The van der Waals surface area contributed by atoms with Gasteiger partial charge in [-0.1, -0.05) is 48.8 Å². The smallest absolute Gasteiger partial charge is 0.338 e. The molecule has 0 fully saturated rings. The number of fused-ring (bicyclic) bond motifs is 1. The number of rotatable bonds is 7. The van der Waals surface area contributed by atoms with Crippen molar-refractivity contribution in [3.8, 4) is 0 Å². The highest BCUT2D eigenvalue weighted by Gasteiger charge is 2.15. The number of carbonyl (C=O) groups is 1. The molecule has 2 aromatic carbocycles. The van der Waals surface area contributed by atoms with Crippen molar-refractivity contribution < 1.29 is 14.7 Å². The summed E-state index contributed by atoms with van der Waals surface area (Å²) in [6.07, 6.45) is 6.08. The Morgan fingerprint density at radius 1 is 1.26 bits per heavy atom. The van der Waals surface area contributed by atoms with E-state index in [1.807, 2.05) is 30.3 Å². The van der Waals surface area contributed by atoms with E-state index >= 15 is 0 Å². The fourth-order valence-corrected chi connectivity index (χ4v) is 3.27. The summed E-state index contributed by atoms with van der Waals surface area (Å²) >= 11 is 0. The van der Waals surface area contributed by atoms with E-state index in [2.05, 4.69) is 21.6 Å². The van der Waals surface area contributed by atoms with Crippen molar-refractivity contribution in [2.24, 2.45) is 5.16 Å². The molecule has 0 aliphatic carbocycles. The summed E-state index contributed by atoms with van der Waals surface area (Å²) < 4.78 is 6.96. The first-order valence-corrected chi connectivity index (χ1v) is 9.00. The molecule has 140 valence electrons. The van der Waals surface area contributed by atoms with Gasteiger partial charge in [0, 0.05) is 13.0 Å². The first-order valence-electron chi connectivity index (χ1n) is 9.00. The molecule has 0 radical (unpaired) electrons. The van der Waals surface area contributed by atoms with Gasteiger partial charge < -0.3 is 14.5 Å². The van der Waals surface area contributed by atoms with Gasteiger partial charge in [0.05, 0.1) is 30.8 Å². The molecule has 6 nitrogen and oxygen atoms in total. The van der Waals surface area contributed by atoms with Gasteiger partial charge in [-0.3, -0.25) is 0 Å². The van der Waals surface area contributed by atoms with Crippen molar-refractivity contribution in [2.75, 3.05) is 7.11 Å². The van der Waals surface area contributed by atoms with Crippen molar-refractivity contribution >= 4 is 23.0 Å². The minimum atomic E-state index is -0.350. The van der Waals surface area contributed by atoms with E-state index in [4.69, 9.17) is 9.94 Å². The van der Waals surface area contributed by atoms with Crippen LogP contribution < -0.4 is 0 Å². The number of nitrogens with zero attached hydrogens (tertiary/aromatic N) is 3. The van der Waals surface area contributed by atoms with Gasteiger partial charge in [0.2, 0.25) is 0 Å². The number of carbonyl (C=O) groups excluding carboxylic acids is 1. The number of benzene rings is 2. The quantitative estimate of drug-likeness (QED) is 0.297. The lowest BCUT2D eigenvalue weighted by Gasteiger charge is -2.14. The number of aryl methyl sites for hydroxylation is 1. The molecule has 0 amide bonds. The van der Waals surface area contributed by atoms with E-state index in [9.17, 15) is 4.79 Å². The van der Waals surface area contributed by atoms with Crippen molar-refractivity contribution in [1.29, 1.82) is 0 Å². The SMILES string of the molecule is CCCCc1ncc(/C=N\O)n1Cc1ccc(C(=O)OC)c2ccccc12. The highest BCUT2D eigenvalue weighted by Crippen LogP contribution is 2.25. The monoisotopic (exact) mass is 365 g/mol. The summed E-state index contributed by atoms with van der Waals surface area (Å²) in [6.45, 7) is 2.71. The molecule has 0 bridgehead atoms. The number of hydrogen-bond donors (Lipinski definition) is 1. The van der Waals surface area contributed by atoms with Gasteiger partial charge in [-0.25, -0.2) is 9.78 Å². The van der Waals surface area contributed by atoms with E-state index in [-0.39, 0.29) is 5.97 Å². The maximum absolute atomic E-state index is 12.1. The Morgan fingerprint density at radius 3 is 2.74 bits per heavy atom. The minimum Gasteiger partial charge on any atom is -0.465 e. The predicted molar refractivity (Wildman–Crippen MR) is 105 cm³/mol. The number of aromatic nitrogens is 2. The van der Waals surface area contributed by atoms with Crippen LogP contribution in [0.25, 0.3) is 10.8 Å². The number of ether oxygens (including phenoxy) is 1. The average Bonchev–Trinajstić information content (AvgIpc) is 3.07. The summed E-state index contributed by atoms with van der Waals surface area (Å²) in [4.78, 5) is 16.6. The molecule has 6 heteroatoms. The van der Waals surface area contributed by atoms with Crippen LogP contribution in [0.4, 0.5) is 0 Å². The van der Waals surface area contributed by atoms with Crippen LogP contribution in [0.5, 0.6) is 0 Å². The van der Waals surface area contributed by atoms with E-state index in [1.165, 1.54) is 13.3 Å². The van der Waals surface area contributed by atoms with Gasteiger partial charge in [-0.15, -0.1) is 0 Å². The van der Waals surface area contributed by atoms with Crippen molar-refractivity contribution in [2.45, 2.75) is 32.7 Å². The van der Waals surface area contributed by atoms with Crippen LogP contribution in [-0.2, 0) is 17.7 Å². The molecule has 1 heterocycles. The molecular weight excluding hydrogens is 342 g/mol. The largest absolute Gasteiger partial charge is 0.465 e. The zero-order valence-electron chi connectivity index (χ0n) is 15.6. The molecule has 0 aliphatic rings. The molecule has 0 saturated heterocycles. The zero-order valence-corrected chi connectivity index (χ0v) is 15.6. The highest BCUT2D eigenvalue weighted by atomic mass is 16.5. The van der Waals surface area contributed by atoms with Gasteiger partial charge in [0.15, 0.2) is 0 Å². The summed E-state index contributed by atoms with van der Waals surface area (Å²) in [5, 5.41) is 14.0. The molecule has 1 aromatic heterocycles. The second-order valence-electron chi connectivity index (χ2n) is 6.34. The maximum Gasteiger partial charge on any atom is 0.338 e. The Kier molecular flexibility index (Phi) is 5.86. The van der Waals surface area contributed by atoms with Crippen molar-refractivity contribution in [3.63, 3.8) is 0 Å². The zero-order chi connectivity index (χ0) is 19.2. The molecule has 0 aliphatic heterocycles.